The van der Waals surface area contributed by atoms with Crippen molar-refractivity contribution in [3.63, 3.8) is 0 Å². The molecule has 6 nitrogen and oxygen atoms in total. The van der Waals surface area contributed by atoms with Gasteiger partial charge in [0.2, 0.25) is 0 Å². The van der Waals surface area contributed by atoms with Crippen molar-refractivity contribution in [2.75, 3.05) is 56.2 Å². The fraction of sp³-hybridized carbons (Fsp3) is 0.846. The molecule has 3 saturated heterocycles. The maximum atomic E-state index is 13.7. The number of hydrogen-bond donors (Lipinski definition) is 1. The lowest BCUT2D eigenvalue weighted by Gasteiger charge is -2.35. The van der Waals surface area contributed by atoms with Crippen LogP contribution in [0.3, 0.4) is 0 Å². The molecule has 34 heavy (non-hydrogen) atoms. The normalized spacial score (nSPS) is 31.9. The minimum Gasteiger partial charge on any atom is -0.381 e. The molecular weight excluding hydrogens is 436 g/mol. The summed E-state index contributed by atoms with van der Waals surface area (Å²) in [6, 6.07) is 0.472. The Morgan fingerprint density at radius 2 is 1.62 bits per heavy atom. The largest absolute Gasteiger partial charge is 0.381 e. The Bertz CT molecular complexity index is 853. The average Bonchev–Trinajstić information content (AvgIpc) is 3.38. The van der Waals surface area contributed by atoms with E-state index in [1.165, 1.54) is 62.9 Å². The van der Waals surface area contributed by atoms with Crippen LogP contribution in [-0.2, 0) is 17.6 Å². The third kappa shape index (κ3) is 4.77. The summed E-state index contributed by atoms with van der Waals surface area (Å²) in [4.78, 5) is 4.76. The summed E-state index contributed by atoms with van der Waals surface area (Å²) in [5, 5.41) is 13.0. The number of nitrogens with one attached hydrogen (secondary N) is 1. The first-order valence-corrected chi connectivity index (χ1v) is 13.6. The van der Waals surface area contributed by atoms with Crippen LogP contribution < -0.4 is 10.2 Å². The summed E-state index contributed by atoms with van der Waals surface area (Å²) in [5.74, 6) is 1.68. The number of nitrogens with zero attached hydrogens (tertiary/aromatic N) is 4. The van der Waals surface area contributed by atoms with E-state index in [-0.39, 0.29) is 12.8 Å². The Kier molecular flexibility index (Phi) is 6.39. The number of likely N-dealkylation sites (tertiary alicyclic amines) is 1. The summed E-state index contributed by atoms with van der Waals surface area (Å²) in [5.41, 5.74) is 2.56. The smallest absolute Gasteiger partial charge is 0.251 e. The maximum absolute atomic E-state index is 13.7. The number of halogens is 2. The summed E-state index contributed by atoms with van der Waals surface area (Å²) in [6.07, 6.45) is 9.02. The van der Waals surface area contributed by atoms with Gasteiger partial charge in [0.05, 0.1) is 0 Å². The molecule has 0 spiro atoms. The van der Waals surface area contributed by atoms with Crippen LogP contribution in [0.2, 0.25) is 0 Å². The lowest BCUT2D eigenvalue weighted by Crippen LogP contribution is -2.40. The van der Waals surface area contributed by atoms with Gasteiger partial charge in [-0.3, -0.25) is 0 Å². The fourth-order valence-corrected chi connectivity index (χ4v) is 7.20. The first kappa shape index (κ1) is 22.9. The number of piperidine rings is 1. The number of hydrogen-bond acceptors (Lipinski definition) is 6. The van der Waals surface area contributed by atoms with Crippen LogP contribution in [0.5, 0.6) is 0 Å². The molecule has 0 aromatic carbocycles. The predicted octanol–water partition coefficient (Wildman–Crippen LogP) is 4.14. The minimum atomic E-state index is -2.54. The van der Waals surface area contributed by atoms with Gasteiger partial charge in [0.1, 0.15) is 0 Å². The molecule has 1 N–H and O–H groups in total. The highest BCUT2D eigenvalue weighted by Gasteiger charge is 2.42. The van der Waals surface area contributed by atoms with Gasteiger partial charge in [-0.15, -0.1) is 10.2 Å². The molecular formula is C26H39F2N5O. The summed E-state index contributed by atoms with van der Waals surface area (Å²) >= 11 is 0. The van der Waals surface area contributed by atoms with E-state index >= 15 is 0 Å². The third-order valence-corrected chi connectivity index (χ3v) is 9.09. The summed E-state index contributed by atoms with van der Waals surface area (Å²) in [7, 11) is 0. The van der Waals surface area contributed by atoms with E-state index in [1.54, 1.807) is 0 Å². The second-order valence-corrected chi connectivity index (χ2v) is 11.5. The predicted molar refractivity (Wildman–Crippen MR) is 129 cm³/mol. The van der Waals surface area contributed by atoms with Crippen LogP contribution in [0.1, 0.15) is 62.5 Å². The summed E-state index contributed by atoms with van der Waals surface area (Å²) in [6.45, 7) is 6.34. The van der Waals surface area contributed by atoms with E-state index in [2.05, 4.69) is 20.4 Å². The molecule has 8 heteroatoms. The zero-order chi connectivity index (χ0) is 23.1. The molecule has 5 aliphatic rings. The van der Waals surface area contributed by atoms with Gasteiger partial charge >= 0.3 is 0 Å². The van der Waals surface area contributed by atoms with Crippen molar-refractivity contribution in [3.8, 4) is 0 Å². The van der Waals surface area contributed by atoms with Crippen molar-refractivity contribution in [1.82, 2.24) is 15.1 Å². The number of fused-ring (bicyclic) bond motifs is 2. The second-order valence-electron chi connectivity index (χ2n) is 11.5. The van der Waals surface area contributed by atoms with Crippen LogP contribution >= 0.6 is 0 Å². The molecule has 6 rings (SSSR count). The highest BCUT2D eigenvalue weighted by atomic mass is 19.3. The van der Waals surface area contributed by atoms with E-state index in [1.807, 2.05) is 4.90 Å². The average molecular weight is 476 g/mol. The Morgan fingerprint density at radius 3 is 2.32 bits per heavy atom. The molecule has 4 fully saturated rings. The quantitative estimate of drug-likeness (QED) is 0.691. The van der Waals surface area contributed by atoms with E-state index < -0.39 is 5.92 Å². The van der Waals surface area contributed by atoms with Crippen molar-refractivity contribution >= 4 is 11.6 Å². The van der Waals surface area contributed by atoms with Crippen molar-refractivity contribution in [3.05, 3.63) is 11.1 Å². The first-order valence-electron chi connectivity index (χ1n) is 13.6. The van der Waals surface area contributed by atoms with Crippen molar-refractivity contribution < 1.29 is 13.5 Å². The number of ether oxygens (including phenoxy) is 1. The van der Waals surface area contributed by atoms with Gasteiger partial charge in [0.25, 0.3) is 5.92 Å². The van der Waals surface area contributed by atoms with Gasteiger partial charge in [0, 0.05) is 75.9 Å². The van der Waals surface area contributed by atoms with Gasteiger partial charge in [-0.1, -0.05) is 0 Å². The SMILES string of the molecule is FC1(F)CCN(c2nnc(N[C@H]3C[C@@H]4CN(CC5CCOCC5)C[C@@H]4C3)c3c2CCCC3)CC1. The van der Waals surface area contributed by atoms with Gasteiger partial charge in [-0.25, -0.2) is 8.78 Å². The Balaban J connectivity index is 1.09. The molecule has 1 saturated carbocycles. The molecule has 0 radical (unpaired) electrons. The molecule has 1 aromatic heterocycles. The van der Waals surface area contributed by atoms with E-state index in [0.717, 1.165) is 61.9 Å². The minimum absolute atomic E-state index is 0.0835. The molecule has 188 valence electrons. The molecule has 3 aliphatic heterocycles. The van der Waals surface area contributed by atoms with Crippen LogP contribution in [0, 0.1) is 17.8 Å². The van der Waals surface area contributed by atoms with Crippen LogP contribution in [-0.4, -0.2) is 73.0 Å². The number of aromatic nitrogens is 2. The Morgan fingerprint density at radius 1 is 0.941 bits per heavy atom. The van der Waals surface area contributed by atoms with E-state index in [9.17, 15) is 8.78 Å². The first-order chi connectivity index (χ1) is 16.5. The van der Waals surface area contributed by atoms with Gasteiger partial charge in [0.15, 0.2) is 11.6 Å². The molecule has 0 amide bonds. The van der Waals surface area contributed by atoms with E-state index in [4.69, 9.17) is 4.74 Å². The lowest BCUT2D eigenvalue weighted by atomic mass is 9.91. The van der Waals surface area contributed by atoms with Crippen LogP contribution in [0.4, 0.5) is 20.4 Å². The molecule has 4 heterocycles. The lowest BCUT2D eigenvalue weighted by molar-refractivity contribution is -0.0222. The van der Waals surface area contributed by atoms with Gasteiger partial charge in [-0.05, 0) is 69.1 Å². The Hall–Kier alpha value is -1.54. The number of rotatable bonds is 5. The van der Waals surface area contributed by atoms with Gasteiger partial charge in [-0.2, -0.15) is 0 Å². The highest BCUT2D eigenvalue weighted by molar-refractivity contribution is 5.59. The van der Waals surface area contributed by atoms with Gasteiger partial charge < -0.3 is 19.9 Å². The van der Waals surface area contributed by atoms with Crippen LogP contribution in [0.25, 0.3) is 0 Å². The second kappa shape index (κ2) is 9.49. The Labute approximate surface area is 201 Å². The standard InChI is InChI=1S/C26H39F2N5O/c27-26(28)7-9-33(10-8-26)25-23-4-2-1-3-22(23)24(30-31-25)29-21-13-19-16-32(17-20(19)14-21)15-18-5-11-34-12-6-18/h18-21H,1-17H2,(H,29,30)/t19-,20+,21+. The number of alkyl halides is 2. The molecule has 1 aromatic rings. The fourth-order valence-electron chi connectivity index (χ4n) is 7.20. The summed E-state index contributed by atoms with van der Waals surface area (Å²) < 4.78 is 32.9. The van der Waals surface area contributed by atoms with Crippen molar-refractivity contribution in [1.29, 1.82) is 0 Å². The number of anilines is 2. The third-order valence-electron chi connectivity index (χ3n) is 9.09. The zero-order valence-corrected chi connectivity index (χ0v) is 20.3. The van der Waals surface area contributed by atoms with E-state index in [0.29, 0.717) is 19.1 Å². The van der Waals surface area contributed by atoms with Crippen molar-refractivity contribution in [2.24, 2.45) is 17.8 Å². The highest BCUT2D eigenvalue weighted by Crippen LogP contribution is 2.41. The monoisotopic (exact) mass is 475 g/mol. The molecule has 0 unspecified atom stereocenters. The van der Waals surface area contributed by atoms with Crippen LogP contribution in [0.15, 0.2) is 0 Å². The molecule has 2 aliphatic carbocycles. The maximum Gasteiger partial charge on any atom is 0.251 e. The topological polar surface area (TPSA) is 53.5 Å². The molecule has 3 atom stereocenters. The zero-order valence-electron chi connectivity index (χ0n) is 20.3. The molecule has 0 bridgehead atoms. The van der Waals surface area contributed by atoms with Crippen molar-refractivity contribution in [2.45, 2.75) is 76.2 Å².